The molecule has 0 fully saturated rings. The van der Waals surface area contributed by atoms with Gasteiger partial charge in [-0.15, -0.1) is 11.3 Å². The molecule has 2 N–H and O–H groups in total. The van der Waals surface area contributed by atoms with Gasteiger partial charge in [0.15, 0.2) is 0 Å². The number of ether oxygens (including phenoxy) is 1. The van der Waals surface area contributed by atoms with Gasteiger partial charge in [-0.3, -0.25) is 9.59 Å². The highest BCUT2D eigenvalue weighted by Crippen LogP contribution is 2.36. The first-order valence-corrected chi connectivity index (χ1v) is 10.1. The first-order valence-electron chi connectivity index (χ1n) is 8.54. The molecule has 0 spiro atoms. The second-order valence-corrected chi connectivity index (χ2v) is 7.99. The predicted molar refractivity (Wildman–Crippen MR) is 113 cm³/mol. The molecule has 0 radical (unpaired) electrons. The zero-order valence-electron chi connectivity index (χ0n) is 15.8. The van der Waals surface area contributed by atoms with Crippen molar-refractivity contribution in [3.8, 4) is 0 Å². The summed E-state index contributed by atoms with van der Waals surface area (Å²) in [6.07, 6.45) is 0. The highest BCUT2D eigenvalue weighted by atomic mass is 35.5. The lowest BCUT2D eigenvalue weighted by Crippen LogP contribution is -2.19. The van der Waals surface area contributed by atoms with E-state index in [4.69, 9.17) is 27.9 Å². The van der Waals surface area contributed by atoms with Crippen molar-refractivity contribution < 1.29 is 19.1 Å². The van der Waals surface area contributed by atoms with Crippen LogP contribution < -0.4 is 10.6 Å². The fraction of sp³-hybridized carbons (Fsp3) is 0.316. The van der Waals surface area contributed by atoms with E-state index in [9.17, 15) is 14.4 Å². The third-order valence-corrected chi connectivity index (χ3v) is 5.82. The average Bonchev–Trinajstić information content (AvgIpc) is 2.95. The Hall–Kier alpha value is -2.09. The summed E-state index contributed by atoms with van der Waals surface area (Å²) >= 11 is 13.1. The van der Waals surface area contributed by atoms with Crippen LogP contribution in [0, 0.1) is 12.8 Å². The second-order valence-electron chi connectivity index (χ2n) is 6.18. The molecule has 0 unspecified atom stereocenters. The van der Waals surface area contributed by atoms with Gasteiger partial charge >= 0.3 is 5.97 Å². The van der Waals surface area contributed by atoms with Crippen molar-refractivity contribution in [1.29, 1.82) is 0 Å². The lowest BCUT2D eigenvalue weighted by molar-refractivity contribution is -0.118. The molecule has 9 heteroatoms. The summed E-state index contributed by atoms with van der Waals surface area (Å²) in [5, 5.41) is 6.18. The number of nitrogens with one attached hydrogen (secondary N) is 2. The van der Waals surface area contributed by atoms with E-state index in [1.165, 1.54) is 0 Å². The molecular formula is C19H20Cl2N2O4S. The molecule has 1 aromatic carbocycles. The zero-order valence-corrected chi connectivity index (χ0v) is 18.1. The molecule has 150 valence electrons. The van der Waals surface area contributed by atoms with Crippen LogP contribution in [0.15, 0.2) is 18.2 Å². The van der Waals surface area contributed by atoms with Gasteiger partial charge < -0.3 is 15.4 Å². The number of amides is 2. The molecule has 2 rings (SSSR count). The maximum atomic E-state index is 12.8. The van der Waals surface area contributed by atoms with E-state index in [0.717, 1.165) is 11.3 Å². The number of thiophene rings is 1. The first kappa shape index (κ1) is 22.2. The molecule has 0 bridgehead atoms. The number of halogens is 2. The molecular weight excluding hydrogens is 423 g/mol. The number of hydrogen-bond acceptors (Lipinski definition) is 5. The number of carbonyl (C=O) groups excluding carboxylic acids is 3. The van der Waals surface area contributed by atoms with Gasteiger partial charge in [0.1, 0.15) is 5.00 Å². The predicted octanol–water partition coefficient (Wildman–Crippen LogP) is 5.39. The zero-order chi connectivity index (χ0) is 21.0. The Kier molecular flexibility index (Phi) is 7.46. The maximum absolute atomic E-state index is 12.8. The summed E-state index contributed by atoms with van der Waals surface area (Å²) < 4.78 is 5.08. The monoisotopic (exact) mass is 442 g/mol. The van der Waals surface area contributed by atoms with Crippen LogP contribution in [0.4, 0.5) is 10.7 Å². The fourth-order valence-electron chi connectivity index (χ4n) is 2.30. The van der Waals surface area contributed by atoms with Gasteiger partial charge in [-0.05, 0) is 31.5 Å². The Balaban J connectivity index is 2.43. The SMILES string of the molecule is CCOC(=O)c1c(NC(=O)C(C)C)sc(C(=O)Nc2cccc(Cl)c2Cl)c1C. The summed E-state index contributed by atoms with van der Waals surface area (Å²) in [4.78, 5) is 37.6. The van der Waals surface area contributed by atoms with Gasteiger partial charge in [-0.1, -0.05) is 43.1 Å². The fourth-order valence-corrected chi connectivity index (χ4v) is 3.74. The Morgan fingerprint density at radius 3 is 2.46 bits per heavy atom. The number of carbonyl (C=O) groups is 3. The van der Waals surface area contributed by atoms with Crippen molar-refractivity contribution in [3.05, 3.63) is 44.2 Å². The Morgan fingerprint density at radius 2 is 1.86 bits per heavy atom. The molecule has 28 heavy (non-hydrogen) atoms. The molecule has 2 aromatic rings. The topological polar surface area (TPSA) is 84.5 Å². The first-order chi connectivity index (χ1) is 13.2. The lowest BCUT2D eigenvalue weighted by Gasteiger charge is -2.08. The minimum atomic E-state index is -0.602. The molecule has 0 aliphatic carbocycles. The largest absolute Gasteiger partial charge is 0.462 e. The highest BCUT2D eigenvalue weighted by Gasteiger charge is 2.27. The number of esters is 1. The minimum Gasteiger partial charge on any atom is -0.462 e. The highest BCUT2D eigenvalue weighted by molar-refractivity contribution is 7.19. The molecule has 0 aliphatic rings. The minimum absolute atomic E-state index is 0.170. The van der Waals surface area contributed by atoms with Crippen molar-refractivity contribution in [2.24, 2.45) is 5.92 Å². The Labute approximate surface area is 177 Å². The van der Waals surface area contributed by atoms with Crippen LogP contribution in [-0.4, -0.2) is 24.4 Å². The lowest BCUT2D eigenvalue weighted by atomic mass is 10.1. The van der Waals surface area contributed by atoms with E-state index in [-0.39, 0.29) is 38.9 Å². The quantitative estimate of drug-likeness (QED) is 0.587. The van der Waals surface area contributed by atoms with Gasteiger partial charge in [0, 0.05) is 5.92 Å². The number of anilines is 2. The maximum Gasteiger partial charge on any atom is 0.341 e. The van der Waals surface area contributed by atoms with E-state index in [1.807, 2.05) is 0 Å². The van der Waals surface area contributed by atoms with Crippen LogP contribution in [0.5, 0.6) is 0 Å². The number of hydrogen-bond donors (Lipinski definition) is 2. The summed E-state index contributed by atoms with van der Waals surface area (Å²) in [6.45, 7) is 6.94. The second kappa shape index (κ2) is 9.41. The average molecular weight is 443 g/mol. The number of benzene rings is 1. The van der Waals surface area contributed by atoms with Crippen LogP contribution in [0.1, 0.15) is 46.4 Å². The van der Waals surface area contributed by atoms with Crippen LogP contribution >= 0.6 is 34.5 Å². The molecule has 6 nitrogen and oxygen atoms in total. The summed E-state index contributed by atoms with van der Waals surface area (Å²) in [7, 11) is 0. The van der Waals surface area contributed by atoms with E-state index in [1.54, 1.807) is 45.9 Å². The van der Waals surface area contributed by atoms with Gasteiger partial charge in [-0.2, -0.15) is 0 Å². The summed E-state index contributed by atoms with van der Waals surface area (Å²) in [6, 6.07) is 4.88. The molecule has 0 saturated heterocycles. The summed E-state index contributed by atoms with van der Waals surface area (Å²) in [5.74, 6) is -1.63. The van der Waals surface area contributed by atoms with E-state index in [0.29, 0.717) is 16.3 Å². The van der Waals surface area contributed by atoms with Crippen LogP contribution in [0.3, 0.4) is 0 Å². The van der Waals surface area contributed by atoms with Crippen molar-refractivity contribution in [3.63, 3.8) is 0 Å². The molecule has 1 aromatic heterocycles. The molecule has 0 saturated carbocycles. The third-order valence-electron chi connectivity index (χ3n) is 3.79. The van der Waals surface area contributed by atoms with E-state index in [2.05, 4.69) is 10.6 Å². The standard InChI is InChI=1S/C19H20Cl2N2O4S/c1-5-27-19(26)13-10(4)15(28-18(13)23-16(24)9(2)3)17(25)22-12-8-6-7-11(20)14(12)21/h6-9H,5H2,1-4H3,(H,22,25)(H,23,24). The normalized spacial score (nSPS) is 10.7. The molecule has 0 atom stereocenters. The van der Waals surface area contributed by atoms with Gasteiger partial charge in [0.05, 0.1) is 32.8 Å². The van der Waals surface area contributed by atoms with E-state index < -0.39 is 11.9 Å². The third kappa shape index (κ3) is 4.84. The molecule has 2 amide bonds. The molecule has 0 aliphatic heterocycles. The summed E-state index contributed by atoms with van der Waals surface area (Å²) in [5.41, 5.74) is 0.929. The van der Waals surface area contributed by atoms with Crippen LogP contribution in [0.25, 0.3) is 0 Å². The number of rotatable bonds is 6. The Morgan fingerprint density at radius 1 is 1.18 bits per heavy atom. The van der Waals surface area contributed by atoms with Crippen molar-refractivity contribution >= 4 is 63.0 Å². The van der Waals surface area contributed by atoms with Crippen molar-refractivity contribution in [2.45, 2.75) is 27.7 Å². The van der Waals surface area contributed by atoms with Gasteiger partial charge in [0.25, 0.3) is 5.91 Å². The smallest absolute Gasteiger partial charge is 0.341 e. The van der Waals surface area contributed by atoms with Crippen molar-refractivity contribution in [1.82, 2.24) is 0 Å². The van der Waals surface area contributed by atoms with Crippen molar-refractivity contribution in [2.75, 3.05) is 17.2 Å². The Bertz CT molecular complexity index is 925. The molecule has 1 heterocycles. The van der Waals surface area contributed by atoms with Crippen LogP contribution in [0.2, 0.25) is 10.0 Å². The van der Waals surface area contributed by atoms with Crippen LogP contribution in [-0.2, 0) is 9.53 Å². The van der Waals surface area contributed by atoms with Gasteiger partial charge in [0.2, 0.25) is 5.91 Å². The van der Waals surface area contributed by atoms with E-state index >= 15 is 0 Å². The van der Waals surface area contributed by atoms with Gasteiger partial charge in [-0.25, -0.2) is 4.79 Å².